The Labute approximate surface area is 91.1 Å². The number of fused-ring (bicyclic) bond motifs is 1. The Hall–Kier alpha value is -0.990. The smallest absolute Gasteiger partial charge is 0.156 e. The van der Waals surface area contributed by atoms with Crippen LogP contribution in [0.1, 0.15) is 5.69 Å². The van der Waals surface area contributed by atoms with Gasteiger partial charge in [-0.1, -0.05) is 29.3 Å². The maximum absolute atomic E-state index is 9.58. The van der Waals surface area contributed by atoms with Gasteiger partial charge in [0.2, 0.25) is 0 Å². The number of halogens is 2. The fraction of sp³-hybridized carbons (Fsp3) is 0.100. The van der Waals surface area contributed by atoms with Crippen LogP contribution in [0.15, 0.2) is 18.2 Å². The number of hydrogen-bond acceptors (Lipinski definition) is 2. The number of aromatic hydroxyl groups is 1. The van der Waals surface area contributed by atoms with Crippen molar-refractivity contribution in [3.8, 4) is 5.75 Å². The molecule has 4 heteroatoms. The van der Waals surface area contributed by atoms with Crippen molar-refractivity contribution in [1.82, 2.24) is 4.98 Å². The van der Waals surface area contributed by atoms with E-state index in [1.807, 2.05) is 0 Å². The minimum atomic E-state index is -0.00716. The molecule has 0 aliphatic rings. The molecule has 1 N–H and O–H groups in total. The third-order valence-electron chi connectivity index (χ3n) is 2.05. The fourth-order valence-electron chi connectivity index (χ4n) is 1.33. The summed E-state index contributed by atoms with van der Waals surface area (Å²) in [6, 6.07) is 5.32. The second-order valence-electron chi connectivity index (χ2n) is 2.99. The van der Waals surface area contributed by atoms with Crippen LogP contribution in [-0.2, 0) is 0 Å². The minimum Gasteiger partial charge on any atom is -0.505 e. The lowest BCUT2D eigenvalue weighted by Crippen LogP contribution is -1.87. The number of benzene rings is 1. The molecule has 0 bridgehead atoms. The fourth-order valence-corrected chi connectivity index (χ4v) is 1.98. The van der Waals surface area contributed by atoms with Gasteiger partial charge in [-0.25, -0.2) is 4.98 Å². The number of rotatable bonds is 0. The highest BCUT2D eigenvalue weighted by molar-refractivity contribution is 6.42. The van der Waals surface area contributed by atoms with E-state index in [1.54, 1.807) is 25.1 Å². The van der Waals surface area contributed by atoms with Crippen molar-refractivity contribution >= 4 is 34.1 Å². The molecular weight excluding hydrogens is 221 g/mol. The average molecular weight is 228 g/mol. The summed E-state index contributed by atoms with van der Waals surface area (Å²) in [6.07, 6.45) is 0. The van der Waals surface area contributed by atoms with Gasteiger partial charge in [-0.2, -0.15) is 0 Å². The molecule has 0 saturated heterocycles. The molecule has 2 nitrogen and oxygen atoms in total. The van der Waals surface area contributed by atoms with Gasteiger partial charge in [-0.05, 0) is 19.1 Å². The van der Waals surface area contributed by atoms with Gasteiger partial charge in [-0.15, -0.1) is 0 Å². The van der Waals surface area contributed by atoms with Gasteiger partial charge >= 0.3 is 0 Å². The predicted molar refractivity (Wildman–Crippen MR) is 58.2 cm³/mol. The first-order valence-electron chi connectivity index (χ1n) is 4.04. The van der Waals surface area contributed by atoms with Crippen molar-refractivity contribution in [2.24, 2.45) is 0 Å². The van der Waals surface area contributed by atoms with E-state index in [1.165, 1.54) is 0 Å². The number of aromatic nitrogens is 1. The van der Waals surface area contributed by atoms with Crippen molar-refractivity contribution in [2.45, 2.75) is 6.92 Å². The summed E-state index contributed by atoms with van der Waals surface area (Å²) in [7, 11) is 0. The van der Waals surface area contributed by atoms with Crippen LogP contribution in [0.2, 0.25) is 10.0 Å². The summed E-state index contributed by atoms with van der Waals surface area (Å²) in [4.78, 5) is 4.18. The molecule has 0 atom stereocenters. The van der Waals surface area contributed by atoms with Crippen molar-refractivity contribution in [3.63, 3.8) is 0 Å². The first-order valence-corrected chi connectivity index (χ1v) is 4.80. The molecule has 1 heterocycles. The van der Waals surface area contributed by atoms with Crippen molar-refractivity contribution in [2.75, 3.05) is 0 Å². The van der Waals surface area contributed by atoms with E-state index < -0.39 is 0 Å². The molecule has 0 radical (unpaired) electrons. The summed E-state index contributed by atoms with van der Waals surface area (Å²) in [5.41, 5.74) is 1.20. The standard InChI is InChI=1S/C10H7Cl2NO/c1-5-10(14)9(12)8-6(11)3-2-4-7(8)13-5/h2-4,14H,1H3. The minimum absolute atomic E-state index is 0.00716. The van der Waals surface area contributed by atoms with Crippen LogP contribution in [0, 0.1) is 6.92 Å². The number of aryl methyl sites for hydroxylation is 1. The molecule has 1 aromatic heterocycles. The molecule has 1 aromatic carbocycles. The van der Waals surface area contributed by atoms with Gasteiger partial charge in [0.05, 0.1) is 21.3 Å². The lowest BCUT2D eigenvalue weighted by molar-refractivity contribution is 0.469. The number of pyridine rings is 1. The molecule has 0 amide bonds. The largest absolute Gasteiger partial charge is 0.505 e. The molecule has 0 spiro atoms. The second-order valence-corrected chi connectivity index (χ2v) is 3.78. The van der Waals surface area contributed by atoms with Crippen molar-refractivity contribution in [3.05, 3.63) is 33.9 Å². The summed E-state index contributed by atoms with van der Waals surface area (Å²) in [5, 5.41) is 10.9. The third-order valence-corrected chi connectivity index (χ3v) is 2.73. The second kappa shape index (κ2) is 3.30. The Kier molecular flexibility index (Phi) is 2.25. The molecule has 2 aromatic rings. The lowest BCUT2D eigenvalue weighted by atomic mass is 10.2. The first-order chi connectivity index (χ1) is 6.61. The van der Waals surface area contributed by atoms with E-state index >= 15 is 0 Å². The van der Waals surface area contributed by atoms with Crippen LogP contribution < -0.4 is 0 Å². The van der Waals surface area contributed by atoms with Crippen molar-refractivity contribution < 1.29 is 5.11 Å². The average Bonchev–Trinajstić information content (AvgIpc) is 2.14. The Morgan fingerprint density at radius 3 is 2.71 bits per heavy atom. The molecule has 2 rings (SSSR count). The highest BCUT2D eigenvalue weighted by Gasteiger charge is 2.11. The van der Waals surface area contributed by atoms with E-state index in [9.17, 15) is 5.11 Å². The van der Waals surface area contributed by atoms with Crippen LogP contribution >= 0.6 is 23.2 Å². The van der Waals surface area contributed by atoms with Gasteiger partial charge in [0.1, 0.15) is 0 Å². The Morgan fingerprint density at radius 1 is 1.29 bits per heavy atom. The van der Waals surface area contributed by atoms with Gasteiger partial charge in [0.25, 0.3) is 0 Å². The third kappa shape index (κ3) is 1.31. The maximum Gasteiger partial charge on any atom is 0.156 e. The van der Waals surface area contributed by atoms with E-state index in [0.29, 0.717) is 21.6 Å². The van der Waals surface area contributed by atoms with E-state index in [0.717, 1.165) is 0 Å². The zero-order valence-electron chi connectivity index (χ0n) is 7.38. The molecule has 0 aliphatic carbocycles. The zero-order chi connectivity index (χ0) is 10.3. The van der Waals surface area contributed by atoms with Gasteiger partial charge < -0.3 is 5.11 Å². The Bertz CT molecular complexity index is 511. The lowest BCUT2D eigenvalue weighted by Gasteiger charge is -2.06. The molecule has 0 aliphatic heterocycles. The molecule has 14 heavy (non-hydrogen) atoms. The van der Waals surface area contributed by atoms with Crippen LogP contribution in [0.3, 0.4) is 0 Å². The summed E-state index contributed by atoms with van der Waals surface area (Å²) >= 11 is 11.9. The van der Waals surface area contributed by atoms with E-state index in [2.05, 4.69) is 4.98 Å². The zero-order valence-corrected chi connectivity index (χ0v) is 8.89. The topological polar surface area (TPSA) is 33.1 Å². The summed E-state index contributed by atoms with van der Waals surface area (Å²) in [6.45, 7) is 1.70. The first kappa shape index (κ1) is 9.56. The van der Waals surface area contributed by atoms with E-state index in [4.69, 9.17) is 23.2 Å². The van der Waals surface area contributed by atoms with Crippen LogP contribution in [-0.4, -0.2) is 10.1 Å². The van der Waals surface area contributed by atoms with Gasteiger partial charge in [0, 0.05) is 5.39 Å². The quantitative estimate of drug-likeness (QED) is 0.747. The van der Waals surface area contributed by atoms with E-state index in [-0.39, 0.29) is 10.8 Å². The molecule has 0 unspecified atom stereocenters. The highest BCUT2D eigenvalue weighted by atomic mass is 35.5. The highest BCUT2D eigenvalue weighted by Crippen LogP contribution is 2.36. The monoisotopic (exact) mass is 227 g/mol. The molecule has 72 valence electrons. The Balaban J connectivity index is 2.99. The summed E-state index contributed by atoms with van der Waals surface area (Å²) in [5.74, 6) is -0.00716. The number of hydrogen-bond donors (Lipinski definition) is 1. The van der Waals surface area contributed by atoms with Crippen LogP contribution in [0.4, 0.5) is 0 Å². The van der Waals surface area contributed by atoms with Gasteiger partial charge in [-0.3, -0.25) is 0 Å². The molecule has 0 fully saturated rings. The van der Waals surface area contributed by atoms with Crippen molar-refractivity contribution in [1.29, 1.82) is 0 Å². The van der Waals surface area contributed by atoms with Gasteiger partial charge in [0.15, 0.2) is 5.75 Å². The SMILES string of the molecule is Cc1nc2cccc(Cl)c2c(Cl)c1O. The Morgan fingerprint density at radius 2 is 2.00 bits per heavy atom. The number of nitrogens with zero attached hydrogens (tertiary/aromatic N) is 1. The maximum atomic E-state index is 9.58. The normalized spacial score (nSPS) is 10.8. The van der Waals surface area contributed by atoms with Crippen LogP contribution in [0.25, 0.3) is 10.9 Å². The van der Waals surface area contributed by atoms with Crippen LogP contribution in [0.5, 0.6) is 5.75 Å². The summed E-state index contributed by atoms with van der Waals surface area (Å²) < 4.78 is 0. The molecule has 0 saturated carbocycles. The predicted octanol–water partition coefficient (Wildman–Crippen LogP) is 3.56. The molecular formula is C10H7Cl2NO.